The van der Waals surface area contributed by atoms with Gasteiger partial charge in [-0.3, -0.25) is 0 Å². The molecule has 2 aliphatic carbocycles. The normalized spacial score (nSPS) is 38.6. The standard InChI is InChI=1S/C12H23NO/c1-10-5-6-12(7-10,9-13)14-8-11-3-2-4-11/h10-11H,2-9,13H2,1H3. The fourth-order valence-electron chi connectivity index (χ4n) is 2.68. The van der Waals surface area contributed by atoms with Gasteiger partial charge < -0.3 is 10.5 Å². The zero-order valence-corrected chi connectivity index (χ0v) is 9.30. The molecule has 2 unspecified atom stereocenters. The van der Waals surface area contributed by atoms with Gasteiger partial charge >= 0.3 is 0 Å². The van der Waals surface area contributed by atoms with Crippen LogP contribution in [0, 0.1) is 11.8 Å². The van der Waals surface area contributed by atoms with Crippen LogP contribution in [0.1, 0.15) is 45.4 Å². The summed E-state index contributed by atoms with van der Waals surface area (Å²) in [5.41, 5.74) is 5.90. The monoisotopic (exact) mass is 197 g/mol. The summed E-state index contributed by atoms with van der Waals surface area (Å²) in [6.07, 6.45) is 7.79. The Bertz CT molecular complexity index is 191. The van der Waals surface area contributed by atoms with Gasteiger partial charge in [0.25, 0.3) is 0 Å². The van der Waals surface area contributed by atoms with Crippen molar-refractivity contribution < 1.29 is 4.74 Å². The predicted octanol–water partition coefficient (Wildman–Crippen LogP) is 2.32. The van der Waals surface area contributed by atoms with E-state index < -0.39 is 0 Å². The molecule has 0 heterocycles. The molecular formula is C12H23NO. The first kappa shape index (κ1) is 10.4. The van der Waals surface area contributed by atoms with E-state index in [1.165, 1.54) is 38.5 Å². The van der Waals surface area contributed by atoms with Crippen LogP contribution < -0.4 is 5.73 Å². The topological polar surface area (TPSA) is 35.2 Å². The molecule has 0 aromatic heterocycles. The Morgan fingerprint density at radius 2 is 2.14 bits per heavy atom. The zero-order valence-electron chi connectivity index (χ0n) is 9.30. The van der Waals surface area contributed by atoms with Crippen molar-refractivity contribution in [2.24, 2.45) is 17.6 Å². The molecule has 2 atom stereocenters. The fraction of sp³-hybridized carbons (Fsp3) is 1.00. The summed E-state index contributed by atoms with van der Waals surface area (Å²) in [6.45, 7) is 3.98. The van der Waals surface area contributed by atoms with Crippen molar-refractivity contribution >= 4 is 0 Å². The molecule has 2 saturated carbocycles. The Labute approximate surface area is 87.2 Å². The van der Waals surface area contributed by atoms with Crippen LogP contribution in [-0.2, 0) is 4.74 Å². The lowest BCUT2D eigenvalue weighted by atomic mass is 9.86. The minimum Gasteiger partial charge on any atom is -0.373 e. The van der Waals surface area contributed by atoms with Gasteiger partial charge in [-0.05, 0) is 43.9 Å². The molecular weight excluding hydrogens is 174 g/mol. The zero-order chi connectivity index (χ0) is 10.0. The van der Waals surface area contributed by atoms with E-state index >= 15 is 0 Å². The molecule has 0 bridgehead atoms. The lowest BCUT2D eigenvalue weighted by Crippen LogP contribution is -2.40. The first-order valence-electron chi connectivity index (χ1n) is 6.08. The summed E-state index contributed by atoms with van der Waals surface area (Å²) < 4.78 is 6.09. The molecule has 0 radical (unpaired) electrons. The van der Waals surface area contributed by atoms with E-state index in [0.717, 1.165) is 18.4 Å². The van der Waals surface area contributed by atoms with Crippen molar-refractivity contribution in [1.82, 2.24) is 0 Å². The molecule has 2 aliphatic rings. The maximum Gasteiger partial charge on any atom is 0.0806 e. The first-order valence-corrected chi connectivity index (χ1v) is 6.08. The van der Waals surface area contributed by atoms with Crippen LogP contribution in [-0.4, -0.2) is 18.8 Å². The maximum atomic E-state index is 6.09. The molecule has 2 heteroatoms. The highest BCUT2D eigenvalue weighted by Crippen LogP contribution is 2.38. The van der Waals surface area contributed by atoms with Crippen LogP contribution in [0.25, 0.3) is 0 Å². The van der Waals surface area contributed by atoms with Gasteiger partial charge in [0.05, 0.1) is 12.2 Å². The minimum atomic E-state index is 0.0506. The highest BCUT2D eigenvalue weighted by Gasteiger charge is 2.38. The summed E-state index contributed by atoms with van der Waals surface area (Å²) >= 11 is 0. The Hall–Kier alpha value is -0.0800. The van der Waals surface area contributed by atoms with Crippen LogP contribution >= 0.6 is 0 Å². The van der Waals surface area contributed by atoms with E-state index in [2.05, 4.69) is 6.92 Å². The summed E-state index contributed by atoms with van der Waals surface area (Å²) in [7, 11) is 0. The van der Waals surface area contributed by atoms with Crippen molar-refractivity contribution in [1.29, 1.82) is 0 Å². The van der Waals surface area contributed by atoms with Crippen molar-refractivity contribution in [3.05, 3.63) is 0 Å². The largest absolute Gasteiger partial charge is 0.373 e. The third-order valence-electron chi connectivity index (χ3n) is 4.04. The fourth-order valence-corrected chi connectivity index (χ4v) is 2.68. The van der Waals surface area contributed by atoms with Gasteiger partial charge in [0.15, 0.2) is 0 Å². The average molecular weight is 197 g/mol. The van der Waals surface area contributed by atoms with Gasteiger partial charge in [-0.1, -0.05) is 13.3 Å². The second-order valence-electron chi connectivity index (χ2n) is 5.34. The van der Waals surface area contributed by atoms with E-state index in [-0.39, 0.29) is 5.60 Å². The van der Waals surface area contributed by atoms with Gasteiger partial charge in [0, 0.05) is 6.54 Å². The van der Waals surface area contributed by atoms with E-state index in [9.17, 15) is 0 Å². The number of rotatable bonds is 4. The Morgan fingerprint density at radius 1 is 1.36 bits per heavy atom. The number of hydrogen-bond donors (Lipinski definition) is 1. The molecule has 0 aromatic carbocycles. The van der Waals surface area contributed by atoms with Gasteiger partial charge in [0.1, 0.15) is 0 Å². The highest BCUT2D eigenvalue weighted by molar-refractivity contribution is 4.91. The second-order valence-corrected chi connectivity index (χ2v) is 5.34. The lowest BCUT2D eigenvalue weighted by molar-refractivity contribution is -0.0626. The van der Waals surface area contributed by atoms with Gasteiger partial charge in [0.2, 0.25) is 0 Å². The molecule has 2 fully saturated rings. The minimum absolute atomic E-state index is 0.0506. The quantitative estimate of drug-likeness (QED) is 0.750. The van der Waals surface area contributed by atoms with Crippen LogP contribution in [0.15, 0.2) is 0 Å². The maximum absolute atomic E-state index is 6.09. The molecule has 82 valence electrons. The molecule has 0 amide bonds. The SMILES string of the molecule is CC1CCC(CN)(OCC2CCC2)C1. The van der Waals surface area contributed by atoms with E-state index in [1.807, 2.05) is 0 Å². The molecule has 0 spiro atoms. The summed E-state index contributed by atoms with van der Waals surface area (Å²) in [4.78, 5) is 0. The Kier molecular flexibility index (Phi) is 3.13. The Balaban J connectivity index is 1.79. The van der Waals surface area contributed by atoms with Gasteiger partial charge in [-0.2, -0.15) is 0 Å². The smallest absolute Gasteiger partial charge is 0.0806 e. The van der Waals surface area contributed by atoms with Gasteiger partial charge in [-0.25, -0.2) is 0 Å². The number of ether oxygens (including phenoxy) is 1. The average Bonchev–Trinajstić information content (AvgIpc) is 2.46. The predicted molar refractivity (Wildman–Crippen MR) is 58.1 cm³/mol. The summed E-state index contributed by atoms with van der Waals surface area (Å²) in [5, 5.41) is 0. The Morgan fingerprint density at radius 3 is 2.57 bits per heavy atom. The van der Waals surface area contributed by atoms with Crippen molar-refractivity contribution in [2.75, 3.05) is 13.2 Å². The van der Waals surface area contributed by atoms with Crippen molar-refractivity contribution in [3.8, 4) is 0 Å². The first-order chi connectivity index (χ1) is 6.74. The summed E-state index contributed by atoms with van der Waals surface area (Å²) in [6, 6.07) is 0. The lowest BCUT2D eigenvalue weighted by Gasteiger charge is -2.33. The third kappa shape index (κ3) is 2.12. The molecule has 0 aliphatic heterocycles. The van der Waals surface area contributed by atoms with E-state index in [4.69, 9.17) is 10.5 Å². The van der Waals surface area contributed by atoms with Crippen molar-refractivity contribution in [3.63, 3.8) is 0 Å². The molecule has 0 saturated heterocycles. The van der Waals surface area contributed by atoms with Crippen molar-refractivity contribution in [2.45, 2.75) is 51.0 Å². The van der Waals surface area contributed by atoms with Gasteiger partial charge in [-0.15, -0.1) is 0 Å². The molecule has 2 rings (SSSR count). The molecule has 2 nitrogen and oxygen atoms in total. The third-order valence-corrected chi connectivity index (χ3v) is 4.04. The van der Waals surface area contributed by atoms with Crippen LogP contribution in [0.5, 0.6) is 0 Å². The molecule has 2 N–H and O–H groups in total. The second kappa shape index (κ2) is 4.19. The van der Waals surface area contributed by atoms with Crippen LogP contribution in [0.3, 0.4) is 0 Å². The molecule has 0 aromatic rings. The summed E-state index contributed by atoms with van der Waals surface area (Å²) in [5.74, 6) is 1.65. The molecule has 14 heavy (non-hydrogen) atoms. The number of nitrogens with two attached hydrogens (primary N) is 1. The van der Waals surface area contributed by atoms with E-state index in [1.54, 1.807) is 0 Å². The van der Waals surface area contributed by atoms with E-state index in [0.29, 0.717) is 6.54 Å². The van der Waals surface area contributed by atoms with Crippen LogP contribution in [0.4, 0.5) is 0 Å². The number of hydrogen-bond acceptors (Lipinski definition) is 2. The van der Waals surface area contributed by atoms with Crippen LogP contribution in [0.2, 0.25) is 0 Å². The highest BCUT2D eigenvalue weighted by atomic mass is 16.5.